The molecule has 1 spiro atoms. The van der Waals surface area contributed by atoms with Crippen molar-refractivity contribution < 1.29 is 4.79 Å². The third kappa shape index (κ3) is 3.38. The quantitative estimate of drug-likeness (QED) is 0.666. The third-order valence-corrected chi connectivity index (χ3v) is 7.68. The van der Waals surface area contributed by atoms with Gasteiger partial charge in [-0.05, 0) is 63.5 Å². The highest BCUT2D eigenvalue weighted by Gasteiger charge is 2.45. The minimum Gasteiger partial charge on any atom is -0.370 e. The lowest BCUT2D eigenvalue weighted by atomic mass is 9.84. The number of amides is 1. The Labute approximate surface area is 189 Å². The van der Waals surface area contributed by atoms with Crippen molar-refractivity contribution in [3.05, 3.63) is 41.2 Å². The number of hydrogen-bond donors (Lipinski definition) is 3. The highest BCUT2D eigenvalue weighted by molar-refractivity contribution is 6.10. The number of hydrogen-bond acceptors (Lipinski definition) is 4. The lowest BCUT2D eigenvalue weighted by Gasteiger charge is -2.47. The number of rotatable bonds is 2. The van der Waals surface area contributed by atoms with Gasteiger partial charge in [0.25, 0.3) is 5.91 Å². The fourth-order valence-electron chi connectivity index (χ4n) is 5.97. The molecule has 7 nitrogen and oxygen atoms in total. The van der Waals surface area contributed by atoms with E-state index in [0.29, 0.717) is 18.3 Å². The number of aryl methyl sites for hydroxylation is 1. The van der Waals surface area contributed by atoms with Crippen LogP contribution in [-0.2, 0) is 12.8 Å². The molecule has 3 heterocycles. The first-order valence-corrected chi connectivity index (χ1v) is 12.3. The molecule has 0 bridgehead atoms. The topological polar surface area (TPSA) is 85.4 Å². The Balaban J connectivity index is 1.33. The number of carbonyl (C=O) groups is 1. The van der Waals surface area contributed by atoms with Gasteiger partial charge in [-0.2, -0.15) is 5.10 Å². The van der Waals surface area contributed by atoms with Crippen molar-refractivity contribution in [2.24, 2.45) is 4.99 Å². The van der Waals surface area contributed by atoms with Gasteiger partial charge >= 0.3 is 0 Å². The van der Waals surface area contributed by atoms with Crippen molar-refractivity contribution in [3.63, 3.8) is 0 Å². The van der Waals surface area contributed by atoms with Gasteiger partial charge in [0.15, 0.2) is 5.69 Å². The molecular formula is C25H32N6O. The van der Waals surface area contributed by atoms with Crippen LogP contribution < -0.4 is 10.6 Å². The van der Waals surface area contributed by atoms with Crippen molar-refractivity contribution in [1.82, 2.24) is 15.1 Å². The fourth-order valence-corrected chi connectivity index (χ4v) is 5.97. The summed E-state index contributed by atoms with van der Waals surface area (Å²) in [5.74, 6) is 1.06. The Bertz CT molecular complexity index is 1050. The zero-order chi connectivity index (χ0) is 21.5. The smallest absolute Gasteiger partial charge is 0.274 e. The average molecular weight is 433 g/mol. The number of carbonyl (C=O) groups excluding carboxylic acids is 1. The van der Waals surface area contributed by atoms with Crippen molar-refractivity contribution in [2.45, 2.75) is 75.8 Å². The lowest BCUT2D eigenvalue weighted by Crippen LogP contribution is -2.62. The zero-order valence-electron chi connectivity index (χ0n) is 18.6. The van der Waals surface area contributed by atoms with Crippen LogP contribution in [0.25, 0.3) is 0 Å². The van der Waals surface area contributed by atoms with E-state index in [-0.39, 0.29) is 11.4 Å². The second-order valence-electron chi connectivity index (χ2n) is 9.86. The molecule has 1 aromatic heterocycles. The molecule has 1 aromatic carbocycles. The zero-order valence-corrected chi connectivity index (χ0v) is 18.6. The van der Waals surface area contributed by atoms with E-state index in [0.717, 1.165) is 80.0 Å². The number of nitrogens with one attached hydrogen (secondary N) is 3. The van der Waals surface area contributed by atoms with E-state index in [1.165, 1.54) is 19.3 Å². The van der Waals surface area contributed by atoms with Crippen LogP contribution in [0.15, 0.2) is 29.3 Å². The van der Waals surface area contributed by atoms with E-state index >= 15 is 0 Å². The molecule has 3 N–H and O–H groups in total. The SMILES string of the molecule is O=C(c1n[nH]c2c1CCCC2)N1CCC[C@]2(C1)Nc1ccccc1NC2=NC1CCCC1. The van der Waals surface area contributed by atoms with Gasteiger partial charge in [-0.15, -0.1) is 0 Å². The molecule has 4 aliphatic rings. The number of anilines is 2. The maximum atomic E-state index is 13.6. The Morgan fingerprint density at radius 2 is 1.88 bits per heavy atom. The maximum absolute atomic E-state index is 13.6. The number of fused-ring (bicyclic) bond motifs is 2. The molecule has 168 valence electrons. The number of aromatic nitrogens is 2. The number of H-pyrrole nitrogens is 1. The van der Waals surface area contributed by atoms with Crippen LogP contribution >= 0.6 is 0 Å². The van der Waals surface area contributed by atoms with Gasteiger partial charge in [-0.1, -0.05) is 25.0 Å². The van der Waals surface area contributed by atoms with E-state index in [1.54, 1.807) is 0 Å². The number of aliphatic imine (C=N–C) groups is 1. The number of piperidine rings is 1. The van der Waals surface area contributed by atoms with Crippen LogP contribution in [0.2, 0.25) is 0 Å². The van der Waals surface area contributed by atoms with Crippen molar-refractivity contribution in [2.75, 3.05) is 23.7 Å². The van der Waals surface area contributed by atoms with Crippen LogP contribution in [0.5, 0.6) is 0 Å². The summed E-state index contributed by atoms with van der Waals surface area (Å²) < 4.78 is 0. The number of amidine groups is 1. The molecule has 1 amide bonds. The number of aromatic amines is 1. The predicted molar refractivity (Wildman–Crippen MR) is 126 cm³/mol. The van der Waals surface area contributed by atoms with E-state index < -0.39 is 0 Å². The molecule has 7 heteroatoms. The molecule has 1 saturated carbocycles. The molecule has 2 fully saturated rings. The summed E-state index contributed by atoms with van der Waals surface area (Å²) in [5, 5.41) is 15.1. The van der Waals surface area contributed by atoms with Crippen LogP contribution in [0, 0.1) is 0 Å². The van der Waals surface area contributed by atoms with Gasteiger partial charge in [-0.3, -0.25) is 14.9 Å². The van der Waals surface area contributed by atoms with E-state index in [2.05, 4.69) is 45.1 Å². The van der Waals surface area contributed by atoms with Gasteiger partial charge in [0.05, 0.1) is 24.0 Å². The summed E-state index contributed by atoms with van der Waals surface area (Å²) in [5.41, 5.74) is 4.71. The van der Waals surface area contributed by atoms with Gasteiger partial charge < -0.3 is 15.5 Å². The van der Waals surface area contributed by atoms with E-state index in [9.17, 15) is 4.79 Å². The van der Waals surface area contributed by atoms with Gasteiger partial charge in [-0.25, -0.2) is 0 Å². The summed E-state index contributed by atoms with van der Waals surface area (Å²) in [6.45, 7) is 1.38. The first-order valence-electron chi connectivity index (χ1n) is 12.3. The first kappa shape index (κ1) is 19.8. The third-order valence-electron chi connectivity index (χ3n) is 7.68. The number of nitrogens with zero attached hydrogens (tertiary/aromatic N) is 3. The monoisotopic (exact) mass is 432 g/mol. The van der Waals surface area contributed by atoms with E-state index in [1.807, 2.05) is 4.90 Å². The van der Waals surface area contributed by atoms with Crippen LogP contribution in [0.3, 0.4) is 0 Å². The number of likely N-dealkylation sites (tertiary alicyclic amines) is 1. The van der Waals surface area contributed by atoms with Crippen molar-refractivity contribution >= 4 is 23.1 Å². The molecule has 0 radical (unpaired) electrons. The van der Waals surface area contributed by atoms with E-state index in [4.69, 9.17) is 4.99 Å². The molecular weight excluding hydrogens is 400 g/mol. The predicted octanol–water partition coefficient (Wildman–Crippen LogP) is 4.14. The Hall–Kier alpha value is -2.83. The number of para-hydroxylation sites is 2. The summed E-state index contributed by atoms with van der Waals surface area (Å²) in [6.07, 6.45) is 11.0. The van der Waals surface area contributed by atoms with Crippen molar-refractivity contribution in [1.29, 1.82) is 0 Å². The van der Waals surface area contributed by atoms with Gasteiger partial charge in [0.2, 0.25) is 0 Å². The minimum atomic E-state index is -0.374. The maximum Gasteiger partial charge on any atom is 0.274 e. The molecule has 6 rings (SSSR count). The largest absolute Gasteiger partial charge is 0.370 e. The molecule has 32 heavy (non-hydrogen) atoms. The van der Waals surface area contributed by atoms with Crippen molar-refractivity contribution in [3.8, 4) is 0 Å². The number of benzene rings is 1. The molecule has 0 unspecified atom stereocenters. The van der Waals surface area contributed by atoms with Crippen LogP contribution in [-0.4, -0.2) is 51.5 Å². The molecule has 2 aliphatic heterocycles. The molecule has 1 saturated heterocycles. The summed E-state index contributed by atoms with van der Waals surface area (Å²) in [7, 11) is 0. The summed E-state index contributed by atoms with van der Waals surface area (Å²) in [6, 6.07) is 8.70. The summed E-state index contributed by atoms with van der Waals surface area (Å²) >= 11 is 0. The standard InChI is InChI=1S/C25H32N6O/c32-23(22-18-10-3-4-11-19(18)29-30-22)31-15-7-14-25(16-31)24(26-17-8-1-2-9-17)27-20-12-5-6-13-21(20)28-25/h5-6,12-13,17,28H,1-4,7-11,14-16H2,(H,26,27)(H,29,30)/t25-/m1/s1. The first-order chi connectivity index (χ1) is 15.7. The molecule has 1 atom stereocenters. The van der Waals surface area contributed by atoms with Gasteiger partial charge in [0.1, 0.15) is 11.4 Å². The highest BCUT2D eigenvalue weighted by atomic mass is 16.2. The normalized spacial score (nSPS) is 26.5. The minimum absolute atomic E-state index is 0.0596. The fraction of sp³-hybridized carbons (Fsp3) is 0.560. The molecule has 2 aromatic rings. The average Bonchev–Trinajstić information content (AvgIpc) is 3.49. The second-order valence-corrected chi connectivity index (χ2v) is 9.86. The van der Waals surface area contributed by atoms with Crippen LogP contribution in [0.4, 0.5) is 11.4 Å². The lowest BCUT2D eigenvalue weighted by molar-refractivity contribution is 0.0687. The Morgan fingerprint density at radius 3 is 2.75 bits per heavy atom. The Morgan fingerprint density at radius 1 is 1.06 bits per heavy atom. The second kappa shape index (κ2) is 7.94. The summed E-state index contributed by atoms with van der Waals surface area (Å²) in [4.78, 5) is 20.8. The van der Waals surface area contributed by atoms with Gasteiger partial charge in [0, 0.05) is 17.8 Å². The molecule has 2 aliphatic carbocycles. The highest BCUT2D eigenvalue weighted by Crippen LogP contribution is 2.37. The van der Waals surface area contributed by atoms with Crippen LogP contribution in [0.1, 0.15) is 73.1 Å². The Kier molecular flexibility index (Phi) is 4.92.